The molecular weight excluding hydrogens is 269 g/mol. The maximum Gasteiger partial charge on any atom is 0.326 e. The van der Waals surface area contributed by atoms with E-state index in [1.54, 1.807) is 0 Å². The first-order chi connectivity index (χ1) is 9.43. The lowest BCUT2D eigenvalue weighted by Gasteiger charge is -2.13. The summed E-state index contributed by atoms with van der Waals surface area (Å²) < 4.78 is 17.4. The fraction of sp³-hybridized carbons (Fsp3) is 0.308. The van der Waals surface area contributed by atoms with Crippen molar-refractivity contribution < 1.29 is 28.6 Å². The fourth-order valence-electron chi connectivity index (χ4n) is 1.49. The Labute approximate surface area is 114 Å². The number of esters is 1. The third-order valence-corrected chi connectivity index (χ3v) is 2.56. The van der Waals surface area contributed by atoms with Gasteiger partial charge in [0.15, 0.2) is 0 Å². The predicted octanol–water partition coefficient (Wildman–Crippen LogP) is 0.962. The molecule has 1 atom stereocenters. The number of rotatable bonds is 6. The van der Waals surface area contributed by atoms with Crippen LogP contribution in [0.25, 0.3) is 0 Å². The van der Waals surface area contributed by atoms with Gasteiger partial charge in [-0.15, -0.1) is 0 Å². The number of benzene rings is 1. The minimum atomic E-state index is -1.28. The van der Waals surface area contributed by atoms with Gasteiger partial charge in [0.1, 0.15) is 11.9 Å². The molecule has 0 spiro atoms. The molecule has 0 bridgehead atoms. The summed E-state index contributed by atoms with van der Waals surface area (Å²) in [6, 6.07) is 3.62. The molecule has 0 unspecified atom stereocenters. The van der Waals surface area contributed by atoms with E-state index in [9.17, 15) is 18.8 Å². The molecule has 0 aliphatic heterocycles. The minimum Gasteiger partial charge on any atom is -0.480 e. The first-order valence-electron chi connectivity index (χ1n) is 5.80. The SMILES string of the molecule is COC(=O)CC[C@@H](NC(=O)c1cccc(F)c1)C(=O)O. The van der Waals surface area contributed by atoms with Crippen molar-refractivity contribution in [3.8, 4) is 0 Å². The van der Waals surface area contributed by atoms with E-state index in [0.29, 0.717) is 0 Å². The van der Waals surface area contributed by atoms with E-state index in [1.807, 2.05) is 0 Å². The van der Waals surface area contributed by atoms with Crippen LogP contribution in [0.1, 0.15) is 23.2 Å². The number of nitrogens with one attached hydrogen (secondary N) is 1. The summed E-state index contributed by atoms with van der Waals surface area (Å²) in [5.74, 6) is -3.17. The van der Waals surface area contributed by atoms with E-state index in [1.165, 1.54) is 25.3 Å². The van der Waals surface area contributed by atoms with E-state index in [4.69, 9.17) is 5.11 Å². The van der Waals surface area contributed by atoms with E-state index >= 15 is 0 Å². The molecule has 0 saturated carbocycles. The Bertz CT molecular complexity index is 517. The number of ether oxygens (including phenoxy) is 1. The molecule has 1 aromatic rings. The monoisotopic (exact) mass is 283 g/mol. The molecule has 108 valence electrons. The van der Waals surface area contributed by atoms with Gasteiger partial charge < -0.3 is 15.2 Å². The summed E-state index contributed by atoms with van der Waals surface area (Å²) in [5.41, 5.74) is 0.00863. The lowest BCUT2D eigenvalue weighted by atomic mass is 10.1. The van der Waals surface area contributed by atoms with Gasteiger partial charge in [-0.3, -0.25) is 9.59 Å². The molecule has 1 amide bonds. The number of aliphatic carboxylic acids is 1. The standard InChI is InChI=1S/C13H14FNO5/c1-20-11(16)6-5-10(13(18)19)15-12(17)8-3-2-4-9(14)7-8/h2-4,7,10H,5-6H2,1H3,(H,15,17)(H,18,19)/t10-/m1/s1. The molecule has 0 aliphatic rings. The zero-order valence-corrected chi connectivity index (χ0v) is 10.8. The van der Waals surface area contributed by atoms with Crippen LogP contribution in [-0.2, 0) is 14.3 Å². The Morgan fingerprint density at radius 2 is 2.10 bits per heavy atom. The summed E-state index contributed by atoms with van der Waals surface area (Å²) in [4.78, 5) is 33.7. The Balaban J connectivity index is 2.68. The highest BCUT2D eigenvalue weighted by Gasteiger charge is 2.22. The molecule has 6 nitrogen and oxygen atoms in total. The first kappa shape index (κ1) is 15.6. The van der Waals surface area contributed by atoms with Crippen molar-refractivity contribution in [3.05, 3.63) is 35.6 Å². The van der Waals surface area contributed by atoms with Crippen LogP contribution >= 0.6 is 0 Å². The second-order valence-electron chi connectivity index (χ2n) is 3.99. The van der Waals surface area contributed by atoms with Crippen LogP contribution in [0.4, 0.5) is 4.39 Å². The molecule has 0 aromatic heterocycles. The lowest BCUT2D eigenvalue weighted by molar-refractivity contribution is -0.142. The van der Waals surface area contributed by atoms with E-state index < -0.39 is 29.7 Å². The van der Waals surface area contributed by atoms with Gasteiger partial charge in [-0.2, -0.15) is 0 Å². The van der Waals surface area contributed by atoms with Gasteiger partial charge in [0.25, 0.3) is 5.91 Å². The van der Waals surface area contributed by atoms with Crippen LogP contribution in [0.15, 0.2) is 24.3 Å². The Morgan fingerprint density at radius 1 is 1.40 bits per heavy atom. The number of hydrogen-bond donors (Lipinski definition) is 2. The van der Waals surface area contributed by atoms with Gasteiger partial charge in [-0.05, 0) is 24.6 Å². The van der Waals surface area contributed by atoms with Crippen molar-refractivity contribution in [1.82, 2.24) is 5.32 Å². The number of amides is 1. The van der Waals surface area contributed by atoms with Crippen molar-refractivity contribution in [1.29, 1.82) is 0 Å². The van der Waals surface area contributed by atoms with Crippen molar-refractivity contribution in [2.24, 2.45) is 0 Å². The second-order valence-corrected chi connectivity index (χ2v) is 3.99. The fourth-order valence-corrected chi connectivity index (χ4v) is 1.49. The van der Waals surface area contributed by atoms with E-state index in [2.05, 4.69) is 10.1 Å². The maximum atomic E-state index is 13.0. The number of methoxy groups -OCH3 is 1. The van der Waals surface area contributed by atoms with Gasteiger partial charge in [0.05, 0.1) is 7.11 Å². The number of carboxylic acid groups (broad SMARTS) is 1. The van der Waals surface area contributed by atoms with Gasteiger partial charge in [0, 0.05) is 12.0 Å². The highest BCUT2D eigenvalue weighted by Crippen LogP contribution is 2.06. The molecule has 0 aliphatic carbocycles. The van der Waals surface area contributed by atoms with Crippen LogP contribution in [0.2, 0.25) is 0 Å². The maximum absolute atomic E-state index is 13.0. The van der Waals surface area contributed by atoms with Gasteiger partial charge in [-0.25, -0.2) is 9.18 Å². The van der Waals surface area contributed by atoms with Gasteiger partial charge in [0.2, 0.25) is 0 Å². The predicted molar refractivity (Wildman–Crippen MR) is 66.5 cm³/mol. The van der Waals surface area contributed by atoms with E-state index in [-0.39, 0.29) is 18.4 Å². The van der Waals surface area contributed by atoms with Crippen LogP contribution < -0.4 is 5.32 Å². The molecule has 2 N–H and O–H groups in total. The highest BCUT2D eigenvalue weighted by molar-refractivity contribution is 5.96. The zero-order valence-electron chi connectivity index (χ0n) is 10.8. The van der Waals surface area contributed by atoms with Crippen LogP contribution in [0.5, 0.6) is 0 Å². The van der Waals surface area contributed by atoms with Crippen LogP contribution in [-0.4, -0.2) is 36.1 Å². The highest BCUT2D eigenvalue weighted by atomic mass is 19.1. The lowest BCUT2D eigenvalue weighted by Crippen LogP contribution is -2.41. The summed E-state index contributed by atoms with van der Waals surface area (Å²) in [7, 11) is 1.18. The smallest absolute Gasteiger partial charge is 0.326 e. The third-order valence-electron chi connectivity index (χ3n) is 2.56. The summed E-state index contributed by atoms with van der Waals surface area (Å²) in [6.45, 7) is 0. The summed E-state index contributed by atoms with van der Waals surface area (Å²) in [5, 5.41) is 11.2. The normalized spacial score (nSPS) is 11.5. The van der Waals surface area contributed by atoms with Crippen LogP contribution in [0, 0.1) is 5.82 Å². The number of halogens is 1. The average Bonchev–Trinajstić information content (AvgIpc) is 2.42. The molecular formula is C13H14FNO5. The number of carbonyl (C=O) groups is 3. The third kappa shape index (κ3) is 4.68. The Kier molecular flexibility index (Phi) is 5.64. The molecule has 20 heavy (non-hydrogen) atoms. The summed E-state index contributed by atoms with van der Waals surface area (Å²) in [6.07, 6.45) is -0.250. The quantitative estimate of drug-likeness (QED) is 0.759. The topological polar surface area (TPSA) is 92.7 Å². The largest absolute Gasteiger partial charge is 0.480 e. The number of carboxylic acids is 1. The minimum absolute atomic E-state index is 0.00863. The molecule has 0 saturated heterocycles. The van der Waals surface area contributed by atoms with Gasteiger partial charge in [-0.1, -0.05) is 6.07 Å². The van der Waals surface area contributed by atoms with Gasteiger partial charge >= 0.3 is 11.9 Å². The molecule has 7 heteroatoms. The Hall–Kier alpha value is -2.44. The van der Waals surface area contributed by atoms with Crippen molar-refractivity contribution >= 4 is 17.8 Å². The summed E-state index contributed by atoms with van der Waals surface area (Å²) >= 11 is 0. The Morgan fingerprint density at radius 3 is 2.65 bits per heavy atom. The van der Waals surface area contributed by atoms with Crippen molar-refractivity contribution in [3.63, 3.8) is 0 Å². The molecule has 1 rings (SSSR count). The number of hydrogen-bond acceptors (Lipinski definition) is 4. The average molecular weight is 283 g/mol. The zero-order chi connectivity index (χ0) is 15.1. The number of carbonyl (C=O) groups excluding carboxylic acids is 2. The molecule has 0 heterocycles. The second kappa shape index (κ2) is 7.22. The van der Waals surface area contributed by atoms with Crippen molar-refractivity contribution in [2.45, 2.75) is 18.9 Å². The van der Waals surface area contributed by atoms with Crippen molar-refractivity contribution in [2.75, 3.05) is 7.11 Å². The van der Waals surface area contributed by atoms with E-state index in [0.717, 1.165) is 6.07 Å². The molecule has 0 radical (unpaired) electrons. The molecule has 1 aromatic carbocycles. The molecule has 0 fully saturated rings. The first-order valence-corrected chi connectivity index (χ1v) is 5.80. The van der Waals surface area contributed by atoms with Crippen LogP contribution in [0.3, 0.4) is 0 Å².